The molecule has 5 heteroatoms. The number of rotatable bonds is 4. The first-order chi connectivity index (χ1) is 13.1. The van der Waals surface area contributed by atoms with E-state index in [0.29, 0.717) is 6.42 Å². The Bertz CT molecular complexity index is 972. The van der Waals surface area contributed by atoms with E-state index in [4.69, 9.17) is 9.47 Å². The van der Waals surface area contributed by atoms with Crippen molar-refractivity contribution in [2.45, 2.75) is 25.7 Å². The van der Waals surface area contributed by atoms with Gasteiger partial charge in [-0.15, -0.1) is 0 Å². The third kappa shape index (κ3) is 3.10. The second-order valence-corrected chi connectivity index (χ2v) is 6.82. The molecule has 0 spiro atoms. The molecule has 0 radical (unpaired) electrons. The second kappa shape index (κ2) is 6.91. The number of nitrogens with zero attached hydrogens (tertiary/aromatic N) is 2. The third-order valence-electron chi connectivity index (χ3n) is 5.21. The molecule has 1 aliphatic rings. The van der Waals surface area contributed by atoms with E-state index in [0.717, 1.165) is 46.1 Å². The molecule has 1 atom stereocenters. The summed E-state index contributed by atoms with van der Waals surface area (Å²) in [7, 11) is 3.30. The van der Waals surface area contributed by atoms with Crippen LogP contribution < -0.4 is 9.47 Å². The minimum absolute atomic E-state index is 0.143. The van der Waals surface area contributed by atoms with Crippen molar-refractivity contribution in [3.05, 3.63) is 71.0 Å². The van der Waals surface area contributed by atoms with Crippen LogP contribution in [0.3, 0.4) is 0 Å². The Morgan fingerprint density at radius 2 is 1.52 bits per heavy atom. The van der Waals surface area contributed by atoms with Crippen molar-refractivity contribution < 1.29 is 14.3 Å². The predicted molar refractivity (Wildman–Crippen MR) is 103 cm³/mol. The molecule has 0 saturated carbocycles. The fourth-order valence-electron chi connectivity index (χ4n) is 3.81. The van der Waals surface area contributed by atoms with Crippen LogP contribution in [0.1, 0.15) is 39.6 Å². The summed E-state index contributed by atoms with van der Waals surface area (Å²) >= 11 is 0. The fourth-order valence-corrected chi connectivity index (χ4v) is 3.81. The molecule has 0 bridgehead atoms. The number of hydrogen-bond donors (Lipinski definition) is 0. The van der Waals surface area contributed by atoms with Crippen molar-refractivity contribution in [3.63, 3.8) is 0 Å². The van der Waals surface area contributed by atoms with Crippen molar-refractivity contribution >= 4 is 5.78 Å². The maximum atomic E-state index is 12.9. The molecule has 0 fully saturated rings. The van der Waals surface area contributed by atoms with Gasteiger partial charge in [0, 0.05) is 6.42 Å². The number of carbonyl (C=O) groups excluding carboxylic acids is 1. The molecular formula is C22H22N2O3. The quantitative estimate of drug-likeness (QED) is 0.701. The highest BCUT2D eigenvalue weighted by Crippen LogP contribution is 2.35. The van der Waals surface area contributed by atoms with Crippen molar-refractivity contribution in [3.8, 4) is 17.2 Å². The number of fused-ring (bicyclic) bond motifs is 1. The van der Waals surface area contributed by atoms with Gasteiger partial charge in [0.25, 0.3) is 0 Å². The summed E-state index contributed by atoms with van der Waals surface area (Å²) in [5.41, 5.74) is 4.63. The Morgan fingerprint density at radius 1 is 0.926 bits per heavy atom. The highest BCUT2D eigenvalue weighted by atomic mass is 16.5. The molecular weight excluding hydrogens is 340 g/mol. The number of benzene rings is 2. The number of aromatic nitrogens is 2. The number of methoxy groups -OCH3 is 2. The van der Waals surface area contributed by atoms with E-state index in [-0.39, 0.29) is 11.7 Å². The van der Waals surface area contributed by atoms with Crippen LogP contribution in [0.2, 0.25) is 0 Å². The Morgan fingerprint density at radius 3 is 2.11 bits per heavy atom. The van der Waals surface area contributed by atoms with Crippen LogP contribution in [0.25, 0.3) is 5.69 Å². The van der Waals surface area contributed by atoms with Crippen LogP contribution in [0.15, 0.2) is 48.5 Å². The zero-order valence-corrected chi connectivity index (χ0v) is 15.7. The Balaban J connectivity index is 1.72. The van der Waals surface area contributed by atoms with Crippen molar-refractivity contribution in [2.75, 3.05) is 14.2 Å². The summed E-state index contributed by atoms with van der Waals surface area (Å²) in [6.07, 6.45) is 1.29. The van der Waals surface area contributed by atoms with Gasteiger partial charge in [-0.25, -0.2) is 4.68 Å². The summed E-state index contributed by atoms with van der Waals surface area (Å²) < 4.78 is 12.4. The van der Waals surface area contributed by atoms with E-state index in [1.165, 1.54) is 0 Å². The van der Waals surface area contributed by atoms with Gasteiger partial charge in [-0.05, 0) is 61.2 Å². The standard InChI is InChI=1S/C22H22N2O3/c1-14-22-20(24(23-14)17-6-10-19(27-3)11-7-17)12-16(13-21(22)25)15-4-8-18(26-2)9-5-15/h4-11,16H,12-13H2,1-3H3/t16-/m0/s1. The van der Waals surface area contributed by atoms with Gasteiger partial charge in [0.1, 0.15) is 11.5 Å². The van der Waals surface area contributed by atoms with Crippen LogP contribution in [-0.2, 0) is 6.42 Å². The number of ether oxygens (including phenoxy) is 2. The number of ketones is 1. The topological polar surface area (TPSA) is 53.3 Å². The van der Waals surface area contributed by atoms with E-state index in [9.17, 15) is 4.79 Å². The lowest BCUT2D eigenvalue weighted by Crippen LogP contribution is -2.20. The van der Waals surface area contributed by atoms with E-state index >= 15 is 0 Å². The monoisotopic (exact) mass is 362 g/mol. The van der Waals surface area contributed by atoms with Crippen molar-refractivity contribution in [2.24, 2.45) is 0 Å². The highest BCUT2D eigenvalue weighted by molar-refractivity contribution is 6.00. The van der Waals surface area contributed by atoms with Gasteiger partial charge in [-0.1, -0.05) is 12.1 Å². The van der Waals surface area contributed by atoms with E-state index in [2.05, 4.69) is 5.10 Å². The minimum atomic E-state index is 0.143. The summed E-state index contributed by atoms with van der Waals surface area (Å²) in [4.78, 5) is 12.9. The van der Waals surface area contributed by atoms with E-state index < -0.39 is 0 Å². The van der Waals surface area contributed by atoms with Crippen LogP contribution in [0.5, 0.6) is 11.5 Å². The molecule has 1 heterocycles. The molecule has 0 N–H and O–H groups in total. The predicted octanol–water partition coefficient (Wildman–Crippen LogP) is 4.11. The first-order valence-corrected chi connectivity index (χ1v) is 9.00. The van der Waals surface area contributed by atoms with Gasteiger partial charge in [0.2, 0.25) is 0 Å². The molecule has 2 aromatic carbocycles. The van der Waals surface area contributed by atoms with Gasteiger partial charge in [-0.2, -0.15) is 5.10 Å². The molecule has 1 aromatic heterocycles. The molecule has 1 aliphatic carbocycles. The molecule has 138 valence electrons. The van der Waals surface area contributed by atoms with E-state index in [1.807, 2.05) is 60.1 Å². The Hall–Kier alpha value is -3.08. The highest BCUT2D eigenvalue weighted by Gasteiger charge is 2.32. The minimum Gasteiger partial charge on any atom is -0.497 e. The van der Waals surface area contributed by atoms with E-state index in [1.54, 1.807) is 14.2 Å². The Labute approximate surface area is 158 Å². The number of carbonyl (C=O) groups is 1. The van der Waals surface area contributed by atoms with Gasteiger partial charge < -0.3 is 9.47 Å². The van der Waals surface area contributed by atoms with Crippen molar-refractivity contribution in [1.82, 2.24) is 9.78 Å². The van der Waals surface area contributed by atoms with Gasteiger partial charge >= 0.3 is 0 Å². The fraction of sp³-hybridized carbons (Fsp3) is 0.273. The normalized spacial score (nSPS) is 16.1. The summed E-state index contributed by atoms with van der Waals surface area (Å²) in [6, 6.07) is 15.7. The number of aryl methyl sites for hydroxylation is 1. The zero-order chi connectivity index (χ0) is 19.0. The average molecular weight is 362 g/mol. The van der Waals surface area contributed by atoms with Crippen LogP contribution in [0, 0.1) is 6.92 Å². The summed E-state index contributed by atoms with van der Waals surface area (Å²) in [5, 5.41) is 4.66. The lowest BCUT2D eigenvalue weighted by Gasteiger charge is -2.23. The van der Waals surface area contributed by atoms with Gasteiger partial charge in [0.05, 0.1) is 36.9 Å². The zero-order valence-electron chi connectivity index (χ0n) is 15.7. The van der Waals surface area contributed by atoms with Gasteiger partial charge in [0.15, 0.2) is 5.78 Å². The number of Topliss-reactive ketones (excluding diaryl/α,β-unsaturated/α-hetero) is 1. The smallest absolute Gasteiger partial charge is 0.167 e. The van der Waals surface area contributed by atoms with Crippen molar-refractivity contribution in [1.29, 1.82) is 0 Å². The second-order valence-electron chi connectivity index (χ2n) is 6.82. The molecule has 0 saturated heterocycles. The van der Waals surface area contributed by atoms with Crippen LogP contribution in [-0.4, -0.2) is 29.8 Å². The lowest BCUT2D eigenvalue weighted by atomic mass is 9.81. The maximum Gasteiger partial charge on any atom is 0.167 e. The average Bonchev–Trinajstić information content (AvgIpc) is 3.05. The van der Waals surface area contributed by atoms with Crippen LogP contribution in [0.4, 0.5) is 0 Å². The molecule has 3 aromatic rings. The first kappa shape index (κ1) is 17.3. The van der Waals surface area contributed by atoms with Gasteiger partial charge in [-0.3, -0.25) is 4.79 Å². The molecule has 0 unspecified atom stereocenters. The number of hydrogen-bond acceptors (Lipinski definition) is 4. The SMILES string of the molecule is COc1ccc([C@@H]2CC(=O)c3c(C)nn(-c4ccc(OC)cc4)c3C2)cc1. The molecule has 4 rings (SSSR count). The molecule has 0 amide bonds. The largest absolute Gasteiger partial charge is 0.497 e. The molecule has 0 aliphatic heterocycles. The Kier molecular flexibility index (Phi) is 4.44. The van der Waals surface area contributed by atoms with Crippen LogP contribution >= 0.6 is 0 Å². The third-order valence-corrected chi connectivity index (χ3v) is 5.21. The first-order valence-electron chi connectivity index (χ1n) is 9.00. The summed E-state index contributed by atoms with van der Waals surface area (Å²) in [5.74, 6) is 1.92. The summed E-state index contributed by atoms with van der Waals surface area (Å²) in [6.45, 7) is 1.91. The lowest BCUT2D eigenvalue weighted by molar-refractivity contribution is 0.0963. The maximum absolute atomic E-state index is 12.9. The molecule has 27 heavy (non-hydrogen) atoms. The molecule has 5 nitrogen and oxygen atoms in total.